The first kappa shape index (κ1) is 19.2. The van der Waals surface area contributed by atoms with E-state index in [1.165, 1.54) is 23.5 Å². The highest BCUT2D eigenvalue weighted by Crippen LogP contribution is 2.22. The van der Waals surface area contributed by atoms with E-state index >= 15 is 0 Å². The van der Waals surface area contributed by atoms with E-state index in [-0.39, 0.29) is 11.5 Å². The molecule has 0 aliphatic carbocycles. The Balaban J connectivity index is 1.96. The Hall–Kier alpha value is -2.13. The smallest absolute Gasteiger partial charge is 0.335 e. The molecule has 2 rings (SSSR count). The van der Waals surface area contributed by atoms with Crippen LogP contribution in [0, 0.1) is 0 Å². The number of benzene rings is 1. The number of carbonyl (C=O) groups excluding carboxylic acids is 1. The third kappa shape index (κ3) is 4.70. The maximum atomic E-state index is 12.3. The first-order valence-corrected chi connectivity index (χ1v) is 9.73. The topological polar surface area (TPSA) is 113 Å². The van der Waals surface area contributed by atoms with Crippen LogP contribution in [0.5, 0.6) is 5.75 Å². The van der Waals surface area contributed by atoms with Crippen molar-refractivity contribution < 1.29 is 27.9 Å². The van der Waals surface area contributed by atoms with Crippen LogP contribution in [0.3, 0.4) is 0 Å². The number of nitrogens with one attached hydrogen (secondary N) is 1. The van der Waals surface area contributed by atoms with Crippen LogP contribution in [0.1, 0.15) is 28.8 Å². The molecule has 25 heavy (non-hydrogen) atoms. The van der Waals surface area contributed by atoms with Crippen molar-refractivity contribution in [2.75, 3.05) is 26.5 Å². The van der Waals surface area contributed by atoms with Gasteiger partial charge in [-0.05, 0) is 37.0 Å². The van der Waals surface area contributed by atoms with Crippen LogP contribution < -0.4 is 10.1 Å². The molecule has 1 aromatic carbocycles. The number of ether oxygens (including phenoxy) is 1. The fourth-order valence-electron chi connectivity index (χ4n) is 2.92. The van der Waals surface area contributed by atoms with Crippen molar-refractivity contribution >= 4 is 21.9 Å². The zero-order valence-electron chi connectivity index (χ0n) is 14.2. The second-order valence-electron chi connectivity index (χ2n) is 5.90. The van der Waals surface area contributed by atoms with Crippen LogP contribution in [0.25, 0.3) is 0 Å². The normalized spacial score (nSPS) is 18.1. The van der Waals surface area contributed by atoms with Crippen LogP contribution >= 0.6 is 0 Å². The molecule has 1 saturated heterocycles. The van der Waals surface area contributed by atoms with Crippen molar-refractivity contribution in [3.05, 3.63) is 29.3 Å². The molecule has 0 bridgehead atoms. The van der Waals surface area contributed by atoms with Crippen LogP contribution in [0.2, 0.25) is 0 Å². The number of carboxylic acids is 1. The van der Waals surface area contributed by atoms with Crippen molar-refractivity contribution in [3.8, 4) is 5.75 Å². The number of nitrogens with zero attached hydrogens (tertiary/aromatic N) is 1. The first-order chi connectivity index (χ1) is 11.7. The van der Waals surface area contributed by atoms with Gasteiger partial charge in [-0.15, -0.1) is 0 Å². The zero-order chi connectivity index (χ0) is 18.6. The maximum absolute atomic E-state index is 12.3. The van der Waals surface area contributed by atoms with Gasteiger partial charge >= 0.3 is 5.97 Å². The lowest BCUT2D eigenvalue weighted by Crippen LogP contribution is -2.45. The van der Waals surface area contributed by atoms with E-state index in [1.54, 1.807) is 6.07 Å². The minimum atomic E-state index is -3.40. The van der Waals surface area contributed by atoms with E-state index in [9.17, 15) is 18.0 Å². The number of amides is 1. The molecule has 1 unspecified atom stereocenters. The molecular formula is C16H22N2O6S. The Kier molecular flexibility index (Phi) is 6.02. The number of carboxylic acid groups (broad SMARTS) is 1. The molecule has 1 aromatic rings. The second-order valence-corrected chi connectivity index (χ2v) is 7.84. The summed E-state index contributed by atoms with van der Waals surface area (Å²) >= 11 is 0. The van der Waals surface area contributed by atoms with Crippen molar-refractivity contribution in [2.45, 2.75) is 25.3 Å². The van der Waals surface area contributed by atoms with Gasteiger partial charge in [0.25, 0.3) is 0 Å². The molecule has 0 radical (unpaired) electrons. The maximum Gasteiger partial charge on any atom is 0.335 e. The predicted molar refractivity (Wildman–Crippen MR) is 91.2 cm³/mol. The Labute approximate surface area is 146 Å². The van der Waals surface area contributed by atoms with Gasteiger partial charge < -0.3 is 15.2 Å². The van der Waals surface area contributed by atoms with Gasteiger partial charge in [-0.25, -0.2) is 13.2 Å². The standard InChI is InChI=1S/C16H22N2O6S/c1-24-14-10-12(16(20)21)6-5-11(14)7-8-17-15(19)13-4-3-9-18(13)25(2,22)23/h5-6,10,13H,3-4,7-9H2,1-2H3,(H,17,19)(H,20,21). The summed E-state index contributed by atoms with van der Waals surface area (Å²) in [6, 6.07) is 3.89. The number of sulfonamides is 1. The molecule has 2 N–H and O–H groups in total. The fourth-order valence-corrected chi connectivity index (χ4v) is 4.05. The predicted octanol–water partition coefficient (Wildman–Crippen LogP) is 0.476. The van der Waals surface area contributed by atoms with Gasteiger partial charge in [0.15, 0.2) is 0 Å². The van der Waals surface area contributed by atoms with E-state index in [0.717, 1.165) is 11.8 Å². The number of carbonyl (C=O) groups is 2. The summed E-state index contributed by atoms with van der Waals surface area (Å²) in [4.78, 5) is 23.2. The number of hydrogen-bond acceptors (Lipinski definition) is 5. The van der Waals surface area contributed by atoms with E-state index in [2.05, 4.69) is 5.32 Å². The average Bonchev–Trinajstić information content (AvgIpc) is 3.04. The summed E-state index contributed by atoms with van der Waals surface area (Å²) in [5, 5.41) is 11.7. The monoisotopic (exact) mass is 370 g/mol. The van der Waals surface area contributed by atoms with Gasteiger partial charge in [0, 0.05) is 13.1 Å². The number of rotatable bonds is 7. The summed E-state index contributed by atoms with van der Waals surface area (Å²) in [7, 11) is -1.95. The average molecular weight is 370 g/mol. The van der Waals surface area contributed by atoms with Crippen LogP contribution in [0.4, 0.5) is 0 Å². The summed E-state index contributed by atoms with van der Waals surface area (Å²) in [5.74, 6) is -0.919. The molecule has 1 amide bonds. The molecule has 0 aromatic heterocycles. The minimum absolute atomic E-state index is 0.124. The first-order valence-electron chi connectivity index (χ1n) is 7.88. The van der Waals surface area contributed by atoms with Crippen LogP contribution in [-0.4, -0.2) is 62.2 Å². The van der Waals surface area contributed by atoms with Gasteiger partial charge in [-0.3, -0.25) is 4.79 Å². The highest BCUT2D eigenvalue weighted by Gasteiger charge is 2.36. The lowest BCUT2D eigenvalue weighted by molar-refractivity contribution is -0.124. The molecule has 8 nitrogen and oxygen atoms in total. The van der Waals surface area contributed by atoms with Gasteiger partial charge in [0.05, 0.1) is 18.9 Å². The van der Waals surface area contributed by atoms with E-state index in [4.69, 9.17) is 9.84 Å². The fraction of sp³-hybridized carbons (Fsp3) is 0.500. The molecule has 0 saturated carbocycles. The molecular weight excluding hydrogens is 348 g/mol. The molecule has 138 valence electrons. The van der Waals surface area contributed by atoms with Crippen LogP contribution in [-0.2, 0) is 21.2 Å². The SMILES string of the molecule is COc1cc(C(=O)O)ccc1CCNC(=O)C1CCCN1S(C)(=O)=O. The summed E-state index contributed by atoms with van der Waals surface area (Å²) in [5.41, 5.74) is 0.888. The third-order valence-corrected chi connectivity index (χ3v) is 5.45. The highest BCUT2D eigenvalue weighted by molar-refractivity contribution is 7.88. The van der Waals surface area contributed by atoms with Crippen LogP contribution in [0.15, 0.2) is 18.2 Å². The van der Waals surface area contributed by atoms with Gasteiger partial charge in [0.1, 0.15) is 11.8 Å². The Morgan fingerprint density at radius 1 is 1.40 bits per heavy atom. The van der Waals surface area contributed by atoms with Crippen molar-refractivity contribution in [3.63, 3.8) is 0 Å². The Bertz CT molecular complexity index is 762. The lowest BCUT2D eigenvalue weighted by atomic mass is 10.1. The Morgan fingerprint density at radius 2 is 2.12 bits per heavy atom. The van der Waals surface area contributed by atoms with E-state index in [1.807, 2.05) is 0 Å². The third-order valence-electron chi connectivity index (χ3n) is 4.16. The number of aromatic carboxylic acids is 1. The molecule has 1 atom stereocenters. The largest absolute Gasteiger partial charge is 0.496 e. The molecule has 1 heterocycles. The molecule has 1 aliphatic heterocycles. The zero-order valence-corrected chi connectivity index (χ0v) is 15.0. The Morgan fingerprint density at radius 3 is 2.72 bits per heavy atom. The molecule has 9 heteroatoms. The minimum Gasteiger partial charge on any atom is -0.496 e. The summed E-state index contributed by atoms with van der Waals surface area (Å²) in [6.07, 6.45) is 2.72. The van der Waals surface area contributed by atoms with E-state index in [0.29, 0.717) is 38.1 Å². The van der Waals surface area contributed by atoms with Gasteiger partial charge in [0.2, 0.25) is 15.9 Å². The quantitative estimate of drug-likeness (QED) is 0.722. The molecule has 0 spiro atoms. The van der Waals surface area contributed by atoms with Crippen molar-refractivity contribution in [1.82, 2.24) is 9.62 Å². The number of hydrogen-bond donors (Lipinski definition) is 2. The van der Waals surface area contributed by atoms with E-state index < -0.39 is 22.0 Å². The van der Waals surface area contributed by atoms with Gasteiger partial charge in [-0.2, -0.15) is 4.31 Å². The van der Waals surface area contributed by atoms with Gasteiger partial charge in [-0.1, -0.05) is 6.07 Å². The highest BCUT2D eigenvalue weighted by atomic mass is 32.2. The summed E-state index contributed by atoms with van der Waals surface area (Å²) in [6.45, 7) is 0.664. The second kappa shape index (κ2) is 7.83. The van der Waals surface area contributed by atoms with Crippen molar-refractivity contribution in [2.24, 2.45) is 0 Å². The molecule has 1 fully saturated rings. The van der Waals surface area contributed by atoms with Crippen molar-refractivity contribution in [1.29, 1.82) is 0 Å². The summed E-state index contributed by atoms with van der Waals surface area (Å²) < 4.78 is 29.8. The molecule has 1 aliphatic rings. The lowest BCUT2D eigenvalue weighted by Gasteiger charge is -2.21. The number of methoxy groups -OCH3 is 1.